The molecule has 1 aromatic heterocycles. The van der Waals surface area contributed by atoms with Crippen molar-refractivity contribution in [2.24, 2.45) is 0 Å². The van der Waals surface area contributed by atoms with Gasteiger partial charge in [0.2, 0.25) is 0 Å². The lowest BCUT2D eigenvalue weighted by Gasteiger charge is -2.29. The Bertz CT molecular complexity index is 823. The summed E-state index contributed by atoms with van der Waals surface area (Å²) in [5.41, 5.74) is 3.55. The van der Waals surface area contributed by atoms with Gasteiger partial charge in [0.25, 0.3) is 0 Å². The molecule has 23 heavy (non-hydrogen) atoms. The lowest BCUT2D eigenvalue weighted by atomic mass is 10.2. The molecule has 0 bridgehead atoms. The topological polar surface area (TPSA) is 46.0 Å². The summed E-state index contributed by atoms with van der Waals surface area (Å²) in [4.78, 5) is 2.34. The second-order valence-electron chi connectivity index (χ2n) is 5.75. The number of piperazine rings is 1. The van der Waals surface area contributed by atoms with E-state index < -0.39 is 0 Å². The summed E-state index contributed by atoms with van der Waals surface area (Å²) < 4.78 is 15.6. The van der Waals surface area contributed by atoms with Crippen LogP contribution in [0.3, 0.4) is 0 Å². The molecule has 2 aromatic carbocycles. The van der Waals surface area contributed by atoms with Crippen LogP contribution in [-0.2, 0) is 6.54 Å². The van der Waals surface area contributed by atoms with Crippen molar-refractivity contribution in [1.82, 2.24) is 20.3 Å². The molecule has 0 spiro atoms. The van der Waals surface area contributed by atoms with Crippen LogP contribution in [0.1, 0.15) is 5.56 Å². The zero-order valence-electron chi connectivity index (χ0n) is 12.7. The SMILES string of the molecule is Fc1ccccc1Cn1nnc2cc(N3CCNCC3)ccc21. The zero-order chi connectivity index (χ0) is 15.6. The molecule has 1 aliphatic rings. The lowest BCUT2D eigenvalue weighted by molar-refractivity contribution is 0.583. The normalized spacial score (nSPS) is 15.3. The predicted molar refractivity (Wildman–Crippen MR) is 88.1 cm³/mol. The van der Waals surface area contributed by atoms with Crippen LogP contribution in [0.15, 0.2) is 42.5 Å². The molecule has 0 radical (unpaired) electrons. The van der Waals surface area contributed by atoms with Crippen LogP contribution in [-0.4, -0.2) is 41.2 Å². The third-order valence-corrected chi connectivity index (χ3v) is 4.26. The first kappa shape index (κ1) is 14.1. The number of hydrogen-bond donors (Lipinski definition) is 1. The van der Waals surface area contributed by atoms with Crippen LogP contribution in [0, 0.1) is 5.82 Å². The van der Waals surface area contributed by atoms with Gasteiger partial charge in [0.15, 0.2) is 0 Å². The number of nitrogens with zero attached hydrogens (tertiary/aromatic N) is 4. The minimum absolute atomic E-state index is 0.214. The van der Waals surface area contributed by atoms with Crippen molar-refractivity contribution < 1.29 is 4.39 Å². The Morgan fingerprint density at radius 1 is 1.09 bits per heavy atom. The summed E-state index contributed by atoms with van der Waals surface area (Å²) in [7, 11) is 0. The van der Waals surface area contributed by atoms with Crippen LogP contribution >= 0.6 is 0 Å². The van der Waals surface area contributed by atoms with E-state index in [1.165, 1.54) is 6.07 Å². The standard InChI is InChI=1S/C17H18FN5/c18-15-4-2-1-3-13(15)12-23-17-6-5-14(11-16(17)20-21-23)22-9-7-19-8-10-22/h1-6,11,19H,7-10,12H2. The molecule has 3 aromatic rings. The zero-order valence-corrected chi connectivity index (χ0v) is 12.7. The Balaban J connectivity index is 1.64. The van der Waals surface area contributed by atoms with Crippen LogP contribution < -0.4 is 10.2 Å². The van der Waals surface area contributed by atoms with Gasteiger partial charge in [-0.05, 0) is 24.3 Å². The van der Waals surface area contributed by atoms with E-state index in [1.807, 2.05) is 12.1 Å². The summed E-state index contributed by atoms with van der Waals surface area (Å²) >= 11 is 0. The highest BCUT2D eigenvalue weighted by atomic mass is 19.1. The summed E-state index contributed by atoms with van der Waals surface area (Å²) in [6.45, 7) is 4.37. The van der Waals surface area contributed by atoms with E-state index in [-0.39, 0.29) is 5.82 Å². The fraction of sp³-hybridized carbons (Fsp3) is 0.294. The van der Waals surface area contributed by atoms with Crippen molar-refractivity contribution in [1.29, 1.82) is 0 Å². The van der Waals surface area contributed by atoms with Gasteiger partial charge in [-0.3, -0.25) is 0 Å². The predicted octanol–water partition coefficient (Wildman–Crippen LogP) is 2.03. The van der Waals surface area contributed by atoms with Crippen molar-refractivity contribution in [2.45, 2.75) is 6.54 Å². The molecular weight excluding hydrogens is 293 g/mol. The van der Waals surface area contributed by atoms with Gasteiger partial charge in [-0.1, -0.05) is 23.4 Å². The smallest absolute Gasteiger partial charge is 0.128 e. The Labute approximate surface area is 133 Å². The van der Waals surface area contributed by atoms with Crippen molar-refractivity contribution in [3.05, 3.63) is 53.8 Å². The fourth-order valence-electron chi connectivity index (χ4n) is 2.99. The van der Waals surface area contributed by atoms with Gasteiger partial charge in [-0.25, -0.2) is 9.07 Å². The van der Waals surface area contributed by atoms with Gasteiger partial charge in [0, 0.05) is 37.4 Å². The molecule has 1 fully saturated rings. The molecular formula is C17H18FN5. The molecule has 2 heterocycles. The molecule has 0 atom stereocenters. The minimum Gasteiger partial charge on any atom is -0.369 e. The molecule has 5 nitrogen and oxygen atoms in total. The summed E-state index contributed by atoms with van der Waals surface area (Å²) in [5, 5.41) is 11.8. The molecule has 4 rings (SSSR count). The molecule has 1 aliphatic heterocycles. The number of anilines is 1. The molecule has 0 saturated carbocycles. The van der Waals surface area contributed by atoms with Crippen LogP contribution in [0.5, 0.6) is 0 Å². The molecule has 1 saturated heterocycles. The van der Waals surface area contributed by atoms with Gasteiger partial charge < -0.3 is 10.2 Å². The van der Waals surface area contributed by atoms with E-state index >= 15 is 0 Å². The highest BCUT2D eigenvalue weighted by molar-refractivity contribution is 5.79. The first-order chi connectivity index (χ1) is 11.3. The van der Waals surface area contributed by atoms with E-state index in [1.54, 1.807) is 16.8 Å². The largest absolute Gasteiger partial charge is 0.369 e. The molecule has 0 aliphatic carbocycles. The number of benzene rings is 2. The van der Waals surface area contributed by atoms with E-state index in [2.05, 4.69) is 32.7 Å². The average Bonchev–Trinajstić information content (AvgIpc) is 3.00. The van der Waals surface area contributed by atoms with E-state index in [0.717, 1.165) is 42.9 Å². The van der Waals surface area contributed by atoms with Crippen LogP contribution in [0.25, 0.3) is 11.0 Å². The molecule has 6 heteroatoms. The number of fused-ring (bicyclic) bond motifs is 1. The first-order valence-corrected chi connectivity index (χ1v) is 7.83. The van der Waals surface area contributed by atoms with Crippen molar-refractivity contribution in [2.75, 3.05) is 31.1 Å². The number of hydrogen-bond acceptors (Lipinski definition) is 4. The van der Waals surface area contributed by atoms with Gasteiger partial charge in [-0.15, -0.1) is 5.10 Å². The summed E-state index contributed by atoms with van der Waals surface area (Å²) in [5.74, 6) is -0.214. The van der Waals surface area contributed by atoms with Crippen molar-refractivity contribution >= 4 is 16.7 Å². The summed E-state index contributed by atoms with van der Waals surface area (Å²) in [6, 6.07) is 12.9. The van der Waals surface area contributed by atoms with Gasteiger partial charge in [-0.2, -0.15) is 0 Å². The van der Waals surface area contributed by atoms with Gasteiger partial charge >= 0.3 is 0 Å². The number of halogens is 1. The monoisotopic (exact) mass is 311 g/mol. The van der Waals surface area contributed by atoms with E-state index in [4.69, 9.17) is 0 Å². The third kappa shape index (κ3) is 2.77. The number of nitrogens with one attached hydrogen (secondary N) is 1. The first-order valence-electron chi connectivity index (χ1n) is 7.83. The quantitative estimate of drug-likeness (QED) is 0.804. The molecule has 1 N–H and O–H groups in total. The number of rotatable bonds is 3. The Kier molecular flexibility index (Phi) is 3.67. The summed E-state index contributed by atoms with van der Waals surface area (Å²) in [6.07, 6.45) is 0. The second kappa shape index (κ2) is 5.96. The number of aromatic nitrogens is 3. The lowest BCUT2D eigenvalue weighted by Crippen LogP contribution is -2.43. The maximum atomic E-state index is 13.8. The van der Waals surface area contributed by atoms with E-state index in [0.29, 0.717) is 12.1 Å². The van der Waals surface area contributed by atoms with Gasteiger partial charge in [0.1, 0.15) is 11.3 Å². The minimum atomic E-state index is -0.214. The van der Waals surface area contributed by atoms with Crippen molar-refractivity contribution in [3.8, 4) is 0 Å². The van der Waals surface area contributed by atoms with Crippen LogP contribution in [0.4, 0.5) is 10.1 Å². The van der Waals surface area contributed by atoms with Gasteiger partial charge in [0.05, 0.1) is 12.1 Å². The average molecular weight is 311 g/mol. The Morgan fingerprint density at radius 3 is 2.74 bits per heavy atom. The fourth-order valence-corrected chi connectivity index (χ4v) is 2.99. The Hall–Kier alpha value is -2.47. The highest BCUT2D eigenvalue weighted by Crippen LogP contribution is 2.22. The third-order valence-electron chi connectivity index (χ3n) is 4.26. The van der Waals surface area contributed by atoms with E-state index in [9.17, 15) is 4.39 Å². The van der Waals surface area contributed by atoms with Crippen molar-refractivity contribution in [3.63, 3.8) is 0 Å². The maximum Gasteiger partial charge on any atom is 0.128 e. The van der Waals surface area contributed by atoms with Crippen LogP contribution in [0.2, 0.25) is 0 Å². The Morgan fingerprint density at radius 2 is 1.91 bits per heavy atom. The molecule has 118 valence electrons. The molecule has 0 amide bonds. The highest BCUT2D eigenvalue weighted by Gasteiger charge is 2.13. The molecule has 0 unspecified atom stereocenters. The second-order valence-corrected chi connectivity index (χ2v) is 5.75. The maximum absolute atomic E-state index is 13.8.